The number of nitrogens with zero attached hydrogens (tertiary/aromatic N) is 3. The second-order valence-corrected chi connectivity index (χ2v) is 5.74. The predicted octanol–water partition coefficient (Wildman–Crippen LogP) is -0.187. The average Bonchev–Trinajstić information content (AvgIpc) is 2.93. The molecule has 7 nitrogen and oxygen atoms in total. The van der Waals surface area contributed by atoms with Gasteiger partial charge in [0, 0.05) is 32.4 Å². The molecule has 2 saturated heterocycles. The lowest BCUT2D eigenvalue weighted by molar-refractivity contribution is -0.141. The van der Waals surface area contributed by atoms with Gasteiger partial charge in [0.25, 0.3) is 0 Å². The highest BCUT2D eigenvalue weighted by atomic mass is 16.5. The van der Waals surface area contributed by atoms with E-state index in [1.54, 1.807) is 4.68 Å². The molecule has 0 saturated carbocycles. The van der Waals surface area contributed by atoms with Gasteiger partial charge in [-0.3, -0.25) is 9.48 Å². The molecule has 0 atom stereocenters. The number of nitrogens with one attached hydrogen (secondary N) is 2. The molecule has 0 aliphatic carbocycles. The fourth-order valence-electron chi connectivity index (χ4n) is 3.04. The molecular formula is C14H23N5O2. The molecule has 116 valence electrons. The van der Waals surface area contributed by atoms with Crippen molar-refractivity contribution in [2.45, 2.75) is 18.4 Å². The number of rotatable bonds is 3. The summed E-state index contributed by atoms with van der Waals surface area (Å²) in [6, 6.07) is 1.91. The van der Waals surface area contributed by atoms with Gasteiger partial charge in [-0.1, -0.05) is 0 Å². The van der Waals surface area contributed by atoms with Crippen LogP contribution in [0.15, 0.2) is 12.3 Å². The molecule has 0 aromatic carbocycles. The number of morpholine rings is 1. The van der Waals surface area contributed by atoms with Crippen LogP contribution in [0.25, 0.3) is 0 Å². The quantitative estimate of drug-likeness (QED) is 0.808. The van der Waals surface area contributed by atoms with Gasteiger partial charge in [-0.2, -0.15) is 5.10 Å². The van der Waals surface area contributed by atoms with Gasteiger partial charge >= 0.3 is 0 Å². The summed E-state index contributed by atoms with van der Waals surface area (Å²) in [6.45, 7) is 4.30. The van der Waals surface area contributed by atoms with Gasteiger partial charge in [-0.05, 0) is 25.9 Å². The summed E-state index contributed by atoms with van der Waals surface area (Å²) in [6.07, 6.45) is 3.44. The monoisotopic (exact) mass is 293 g/mol. The minimum absolute atomic E-state index is 0.179. The fourth-order valence-corrected chi connectivity index (χ4v) is 3.04. The van der Waals surface area contributed by atoms with E-state index in [0.29, 0.717) is 26.3 Å². The van der Waals surface area contributed by atoms with Gasteiger partial charge in [-0.15, -0.1) is 0 Å². The van der Waals surface area contributed by atoms with Gasteiger partial charge in [0.15, 0.2) is 0 Å². The van der Waals surface area contributed by atoms with Crippen molar-refractivity contribution >= 4 is 11.7 Å². The van der Waals surface area contributed by atoms with Crippen molar-refractivity contribution in [3.63, 3.8) is 0 Å². The molecule has 1 amide bonds. The molecule has 3 heterocycles. The molecule has 7 heteroatoms. The number of hydrogen-bond acceptors (Lipinski definition) is 5. The molecule has 3 rings (SSSR count). The highest BCUT2D eigenvalue weighted by molar-refractivity contribution is 5.89. The lowest BCUT2D eigenvalue weighted by atomic mass is 9.86. The standard InChI is InChI=1S/C14H23N5O2/c1-18-7-2-12(17-18)16-14(3-5-15-6-4-14)13(20)19-8-10-21-11-9-19/h2,7,15H,3-6,8-11H2,1H3,(H,16,17). The first-order chi connectivity index (χ1) is 10.2. The maximum Gasteiger partial charge on any atom is 0.248 e. The van der Waals surface area contributed by atoms with E-state index in [4.69, 9.17) is 4.74 Å². The predicted molar refractivity (Wildman–Crippen MR) is 79.1 cm³/mol. The van der Waals surface area contributed by atoms with E-state index in [0.717, 1.165) is 31.7 Å². The van der Waals surface area contributed by atoms with Crippen molar-refractivity contribution < 1.29 is 9.53 Å². The minimum Gasteiger partial charge on any atom is -0.378 e. The third-order valence-electron chi connectivity index (χ3n) is 4.25. The second-order valence-electron chi connectivity index (χ2n) is 5.74. The highest BCUT2D eigenvalue weighted by Crippen LogP contribution is 2.26. The topological polar surface area (TPSA) is 71.4 Å². The lowest BCUT2D eigenvalue weighted by Gasteiger charge is -2.41. The summed E-state index contributed by atoms with van der Waals surface area (Å²) in [5.74, 6) is 0.943. The molecule has 0 spiro atoms. The maximum atomic E-state index is 13.0. The zero-order valence-electron chi connectivity index (χ0n) is 12.5. The Morgan fingerprint density at radius 1 is 1.38 bits per heavy atom. The Labute approximate surface area is 124 Å². The van der Waals surface area contributed by atoms with Crippen LogP contribution in [-0.2, 0) is 16.6 Å². The number of hydrogen-bond donors (Lipinski definition) is 2. The van der Waals surface area contributed by atoms with Crippen LogP contribution in [0.4, 0.5) is 5.82 Å². The van der Waals surface area contributed by atoms with E-state index in [1.165, 1.54) is 0 Å². The van der Waals surface area contributed by atoms with E-state index in [-0.39, 0.29) is 5.91 Å². The zero-order valence-corrected chi connectivity index (χ0v) is 12.5. The van der Waals surface area contributed by atoms with Crippen LogP contribution in [-0.4, -0.2) is 65.5 Å². The first-order valence-electron chi connectivity index (χ1n) is 7.55. The van der Waals surface area contributed by atoms with Crippen LogP contribution in [0.3, 0.4) is 0 Å². The molecule has 0 radical (unpaired) electrons. The van der Waals surface area contributed by atoms with Crippen LogP contribution in [0.1, 0.15) is 12.8 Å². The summed E-state index contributed by atoms with van der Waals surface area (Å²) in [5, 5.41) is 11.1. The Hall–Kier alpha value is -1.60. The van der Waals surface area contributed by atoms with Crippen LogP contribution < -0.4 is 10.6 Å². The Morgan fingerprint density at radius 3 is 2.71 bits per heavy atom. The van der Waals surface area contributed by atoms with Crippen molar-refractivity contribution in [2.75, 3.05) is 44.7 Å². The Kier molecular flexibility index (Phi) is 4.12. The molecule has 0 unspecified atom stereocenters. The number of aromatic nitrogens is 2. The first-order valence-corrected chi connectivity index (χ1v) is 7.55. The number of anilines is 1. The Morgan fingerprint density at radius 2 is 2.10 bits per heavy atom. The number of carbonyl (C=O) groups is 1. The second kappa shape index (κ2) is 6.03. The van der Waals surface area contributed by atoms with E-state index in [9.17, 15) is 4.79 Å². The highest BCUT2D eigenvalue weighted by Gasteiger charge is 2.42. The van der Waals surface area contributed by atoms with E-state index >= 15 is 0 Å². The maximum absolute atomic E-state index is 13.0. The lowest BCUT2D eigenvalue weighted by Crippen LogP contribution is -2.60. The van der Waals surface area contributed by atoms with Crippen LogP contribution >= 0.6 is 0 Å². The van der Waals surface area contributed by atoms with Crippen molar-refractivity contribution in [3.8, 4) is 0 Å². The van der Waals surface area contributed by atoms with Crippen LogP contribution in [0, 0.1) is 0 Å². The SMILES string of the molecule is Cn1ccc(NC2(C(=O)N3CCOCC3)CCNCC2)n1. The van der Waals surface area contributed by atoms with E-state index in [2.05, 4.69) is 15.7 Å². The number of aryl methyl sites for hydroxylation is 1. The summed E-state index contributed by atoms with van der Waals surface area (Å²) >= 11 is 0. The third kappa shape index (κ3) is 3.03. The molecule has 21 heavy (non-hydrogen) atoms. The van der Waals surface area contributed by atoms with Crippen LogP contribution in [0.5, 0.6) is 0 Å². The zero-order chi connectivity index (χ0) is 14.7. The first kappa shape index (κ1) is 14.3. The van der Waals surface area contributed by atoms with Gasteiger partial charge in [0.05, 0.1) is 13.2 Å². The van der Waals surface area contributed by atoms with Gasteiger partial charge in [-0.25, -0.2) is 0 Å². The average molecular weight is 293 g/mol. The molecule has 2 aliphatic rings. The number of amides is 1. The Balaban J connectivity index is 1.79. The van der Waals surface area contributed by atoms with Crippen molar-refractivity contribution in [1.29, 1.82) is 0 Å². The van der Waals surface area contributed by atoms with Gasteiger partial charge in [0.2, 0.25) is 5.91 Å². The van der Waals surface area contributed by atoms with Crippen molar-refractivity contribution in [1.82, 2.24) is 20.0 Å². The molecule has 1 aromatic rings. The summed E-state index contributed by atoms with van der Waals surface area (Å²) < 4.78 is 7.10. The summed E-state index contributed by atoms with van der Waals surface area (Å²) in [7, 11) is 1.88. The van der Waals surface area contributed by atoms with Gasteiger partial charge < -0.3 is 20.3 Å². The van der Waals surface area contributed by atoms with Gasteiger partial charge in [0.1, 0.15) is 11.4 Å². The third-order valence-corrected chi connectivity index (χ3v) is 4.25. The minimum atomic E-state index is -0.545. The molecule has 0 bridgehead atoms. The normalized spacial score (nSPS) is 22.0. The number of piperidine rings is 1. The number of ether oxygens (including phenoxy) is 1. The molecular weight excluding hydrogens is 270 g/mol. The van der Waals surface area contributed by atoms with E-state index < -0.39 is 5.54 Å². The van der Waals surface area contributed by atoms with Crippen molar-refractivity contribution in [3.05, 3.63) is 12.3 Å². The molecule has 2 fully saturated rings. The molecule has 2 aliphatic heterocycles. The van der Waals surface area contributed by atoms with Crippen LogP contribution in [0.2, 0.25) is 0 Å². The van der Waals surface area contributed by atoms with Crippen molar-refractivity contribution in [2.24, 2.45) is 7.05 Å². The smallest absolute Gasteiger partial charge is 0.248 e. The fraction of sp³-hybridized carbons (Fsp3) is 0.714. The van der Waals surface area contributed by atoms with E-state index in [1.807, 2.05) is 24.2 Å². The summed E-state index contributed by atoms with van der Waals surface area (Å²) in [4.78, 5) is 15.0. The summed E-state index contributed by atoms with van der Waals surface area (Å²) in [5.41, 5.74) is -0.545. The largest absolute Gasteiger partial charge is 0.378 e. The number of carbonyl (C=O) groups excluding carboxylic acids is 1. The Bertz CT molecular complexity index is 489. The molecule has 2 N–H and O–H groups in total. The molecule has 1 aromatic heterocycles.